The fourth-order valence-corrected chi connectivity index (χ4v) is 2.37. The number of ether oxygens (including phenoxy) is 1. The van der Waals surface area contributed by atoms with Gasteiger partial charge in [-0.15, -0.1) is 12.4 Å². The summed E-state index contributed by atoms with van der Waals surface area (Å²) in [4.78, 5) is 24.7. The Morgan fingerprint density at radius 3 is 2.58 bits per heavy atom. The van der Waals surface area contributed by atoms with Crippen LogP contribution in [0.2, 0.25) is 0 Å². The minimum atomic E-state index is -0.197. The van der Waals surface area contributed by atoms with Gasteiger partial charge in [-0.3, -0.25) is 4.57 Å². The maximum absolute atomic E-state index is 12.0. The first-order chi connectivity index (χ1) is 8.79. The summed E-state index contributed by atoms with van der Waals surface area (Å²) in [6, 6.07) is 0. The predicted molar refractivity (Wildman–Crippen MR) is 74.5 cm³/mol. The Morgan fingerprint density at radius 2 is 1.89 bits per heavy atom. The molecule has 1 saturated heterocycles. The number of halogens is 1. The van der Waals surface area contributed by atoms with E-state index in [1.54, 1.807) is 4.57 Å². The van der Waals surface area contributed by atoms with E-state index in [-0.39, 0.29) is 18.1 Å². The second-order valence-electron chi connectivity index (χ2n) is 4.44. The van der Waals surface area contributed by atoms with Crippen LogP contribution >= 0.6 is 12.4 Å². The zero-order valence-corrected chi connectivity index (χ0v) is 11.7. The Hall–Kier alpha value is -1.34. The summed E-state index contributed by atoms with van der Waals surface area (Å²) in [7, 11) is 0. The van der Waals surface area contributed by atoms with E-state index in [2.05, 4.69) is 21.8 Å². The van der Waals surface area contributed by atoms with E-state index in [1.807, 2.05) is 4.90 Å². The van der Waals surface area contributed by atoms with Gasteiger partial charge in [0.15, 0.2) is 0 Å². The topological polar surface area (TPSA) is 63.5 Å². The first kappa shape index (κ1) is 14.1. The van der Waals surface area contributed by atoms with E-state index in [1.165, 1.54) is 0 Å². The predicted octanol–water partition coefficient (Wildman–Crippen LogP) is -0.263. The molecule has 1 aromatic rings. The summed E-state index contributed by atoms with van der Waals surface area (Å²) in [6.07, 6.45) is 0. The van der Waals surface area contributed by atoms with Crippen molar-refractivity contribution >= 4 is 24.3 Å². The van der Waals surface area contributed by atoms with Crippen molar-refractivity contribution in [2.75, 3.05) is 49.2 Å². The van der Waals surface area contributed by atoms with Crippen LogP contribution in [0.3, 0.4) is 0 Å². The molecule has 0 unspecified atom stereocenters. The van der Waals surface area contributed by atoms with Crippen LogP contribution in [0, 0.1) is 0 Å². The van der Waals surface area contributed by atoms with Gasteiger partial charge in [0, 0.05) is 32.7 Å². The van der Waals surface area contributed by atoms with E-state index in [0.717, 1.165) is 32.1 Å². The van der Waals surface area contributed by atoms with Crippen molar-refractivity contribution in [1.29, 1.82) is 0 Å². The van der Waals surface area contributed by atoms with Gasteiger partial charge in [0.05, 0.1) is 13.2 Å². The summed E-state index contributed by atoms with van der Waals surface area (Å²) in [6.45, 7) is 7.27. The normalized spacial score (nSPS) is 18.2. The number of anilines is 2. The Labute approximate surface area is 117 Å². The molecule has 106 valence electrons. The maximum atomic E-state index is 12.0. The standard InChI is InChI=1S/C11H17N5O2.ClH/c1-2-14-3-4-16-10(14)12-9(13-11(16)17)15-5-7-18-8-6-15;/h2-8H2,1H3;1H. The molecule has 2 aliphatic rings. The van der Waals surface area contributed by atoms with E-state index in [4.69, 9.17) is 4.74 Å². The molecular weight excluding hydrogens is 270 g/mol. The first-order valence-electron chi connectivity index (χ1n) is 6.36. The zero-order valence-electron chi connectivity index (χ0n) is 10.9. The van der Waals surface area contributed by atoms with Gasteiger partial charge in [-0.2, -0.15) is 9.97 Å². The fourth-order valence-electron chi connectivity index (χ4n) is 2.37. The molecule has 0 N–H and O–H groups in total. The van der Waals surface area contributed by atoms with Crippen LogP contribution in [0.5, 0.6) is 0 Å². The Morgan fingerprint density at radius 1 is 1.16 bits per heavy atom. The molecule has 0 spiro atoms. The maximum Gasteiger partial charge on any atom is 0.353 e. The smallest absolute Gasteiger partial charge is 0.353 e. The lowest BCUT2D eigenvalue weighted by atomic mass is 10.4. The number of aromatic nitrogens is 3. The molecule has 7 nitrogen and oxygen atoms in total. The van der Waals surface area contributed by atoms with Gasteiger partial charge in [0.1, 0.15) is 0 Å². The van der Waals surface area contributed by atoms with Crippen LogP contribution in [-0.4, -0.2) is 53.9 Å². The van der Waals surface area contributed by atoms with Crippen molar-refractivity contribution in [3.63, 3.8) is 0 Å². The molecule has 3 heterocycles. The lowest BCUT2D eigenvalue weighted by molar-refractivity contribution is 0.122. The van der Waals surface area contributed by atoms with Gasteiger partial charge in [-0.05, 0) is 6.92 Å². The average molecular weight is 288 g/mol. The van der Waals surface area contributed by atoms with Gasteiger partial charge in [0.25, 0.3) is 0 Å². The minimum Gasteiger partial charge on any atom is -0.378 e. The summed E-state index contributed by atoms with van der Waals surface area (Å²) in [5.74, 6) is 1.29. The van der Waals surface area contributed by atoms with Crippen LogP contribution in [0.1, 0.15) is 6.92 Å². The quantitative estimate of drug-likeness (QED) is 0.747. The Bertz CT molecular complexity index is 500. The number of hydrogen-bond acceptors (Lipinski definition) is 6. The summed E-state index contributed by atoms with van der Waals surface area (Å²) in [5.41, 5.74) is -0.197. The van der Waals surface area contributed by atoms with Crippen LogP contribution in [0.15, 0.2) is 4.79 Å². The average Bonchev–Trinajstić information content (AvgIpc) is 2.83. The zero-order chi connectivity index (χ0) is 12.5. The highest BCUT2D eigenvalue weighted by molar-refractivity contribution is 5.85. The van der Waals surface area contributed by atoms with Gasteiger partial charge in [0.2, 0.25) is 11.9 Å². The number of morpholine rings is 1. The highest BCUT2D eigenvalue weighted by Crippen LogP contribution is 2.18. The van der Waals surface area contributed by atoms with Crippen molar-refractivity contribution in [1.82, 2.24) is 14.5 Å². The number of rotatable bonds is 2. The third-order valence-corrected chi connectivity index (χ3v) is 3.42. The summed E-state index contributed by atoms with van der Waals surface area (Å²) in [5, 5.41) is 0. The van der Waals surface area contributed by atoms with E-state index in [0.29, 0.717) is 25.7 Å². The number of likely N-dealkylation sites (N-methyl/N-ethyl adjacent to an activating group) is 1. The summed E-state index contributed by atoms with van der Waals surface area (Å²) < 4.78 is 6.94. The summed E-state index contributed by atoms with van der Waals surface area (Å²) >= 11 is 0. The molecule has 0 bridgehead atoms. The van der Waals surface area contributed by atoms with Crippen LogP contribution in [0.25, 0.3) is 0 Å². The molecule has 8 heteroatoms. The van der Waals surface area contributed by atoms with E-state index < -0.39 is 0 Å². The van der Waals surface area contributed by atoms with Gasteiger partial charge in [-0.25, -0.2) is 4.79 Å². The molecule has 0 atom stereocenters. The minimum absolute atomic E-state index is 0. The second kappa shape index (κ2) is 5.75. The lowest BCUT2D eigenvalue weighted by Gasteiger charge is -2.27. The van der Waals surface area contributed by atoms with Crippen LogP contribution < -0.4 is 15.5 Å². The van der Waals surface area contributed by atoms with Gasteiger partial charge in [-0.1, -0.05) is 0 Å². The fraction of sp³-hybridized carbons (Fsp3) is 0.727. The van der Waals surface area contributed by atoms with Crippen LogP contribution in [-0.2, 0) is 11.3 Å². The van der Waals surface area contributed by atoms with E-state index >= 15 is 0 Å². The molecule has 0 aliphatic carbocycles. The molecule has 0 radical (unpaired) electrons. The molecule has 1 fully saturated rings. The van der Waals surface area contributed by atoms with Crippen molar-refractivity contribution in [2.24, 2.45) is 0 Å². The highest BCUT2D eigenvalue weighted by Gasteiger charge is 2.24. The third kappa shape index (κ3) is 2.52. The van der Waals surface area contributed by atoms with Crippen molar-refractivity contribution in [3.8, 4) is 0 Å². The first-order valence-corrected chi connectivity index (χ1v) is 6.36. The third-order valence-electron chi connectivity index (χ3n) is 3.42. The lowest BCUT2D eigenvalue weighted by Crippen LogP contribution is -2.39. The van der Waals surface area contributed by atoms with Gasteiger partial charge < -0.3 is 14.5 Å². The molecule has 1 aromatic heterocycles. The molecule has 3 rings (SSSR count). The molecule has 0 amide bonds. The molecular formula is C11H18ClN5O2. The van der Waals surface area contributed by atoms with Crippen molar-refractivity contribution in [2.45, 2.75) is 13.5 Å². The monoisotopic (exact) mass is 287 g/mol. The molecule has 0 aromatic carbocycles. The van der Waals surface area contributed by atoms with Crippen LogP contribution in [0.4, 0.5) is 11.9 Å². The van der Waals surface area contributed by atoms with E-state index in [9.17, 15) is 4.79 Å². The van der Waals surface area contributed by atoms with Gasteiger partial charge >= 0.3 is 5.69 Å². The molecule has 0 saturated carbocycles. The largest absolute Gasteiger partial charge is 0.378 e. The highest BCUT2D eigenvalue weighted by atomic mass is 35.5. The number of fused-ring (bicyclic) bond motifs is 1. The SMILES string of the molecule is CCN1CCn2c1nc(N1CCOCC1)nc2=O.Cl. The van der Waals surface area contributed by atoms with Crippen molar-refractivity contribution in [3.05, 3.63) is 10.5 Å². The second-order valence-corrected chi connectivity index (χ2v) is 4.44. The molecule has 2 aliphatic heterocycles. The van der Waals surface area contributed by atoms with Crippen molar-refractivity contribution < 1.29 is 4.74 Å². The number of nitrogens with zero attached hydrogens (tertiary/aromatic N) is 5. The number of hydrogen-bond donors (Lipinski definition) is 0. The molecule has 19 heavy (non-hydrogen) atoms. The Kier molecular flexibility index (Phi) is 4.26. The Balaban J connectivity index is 0.00000133.